The fraction of sp³-hybridized carbons (Fsp3) is 0.357. The Bertz CT molecular complexity index is 532. The van der Waals surface area contributed by atoms with Gasteiger partial charge in [0.1, 0.15) is 5.82 Å². The Balaban J connectivity index is 1.59. The molecule has 2 heterocycles. The van der Waals surface area contributed by atoms with E-state index in [1.807, 2.05) is 24.0 Å². The first kappa shape index (κ1) is 11.3. The van der Waals surface area contributed by atoms with E-state index in [1.54, 1.807) is 0 Å². The predicted molar refractivity (Wildman–Crippen MR) is 72.5 cm³/mol. The number of nitrogens with zero attached hydrogens (tertiary/aromatic N) is 2. The molecule has 1 atom stereocenters. The van der Waals surface area contributed by atoms with Gasteiger partial charge in [0.25, 0.3) is 0 Å². The van der Waals surface area contributed by atoms with Crippen molar-refractivity contribution in [3.8, 4) is 0 Å². The molecule has 0 saturated heterocycles. The van der Waals surface area contributed by atoms with Gasteiger partial charge in [-0.2, -0.15) is 5.10 Å². The van der Waals surface area contributed by atoms with Crippen molar-refractivity contribution >= 4 is 5.82 Å². The number of anilines is 1. The molecule has 0 bridgehead atoms. The number of aromatic nitrogens is 2. The smallest absolute Gasteiger partial charge is 0.148 e. The van der Waals surface area contributed by atoms with Crippen LogP contribution in [-0.4, -0.2) is 22.4 Å². The molecular formula is C14H18N4. The zero-order valence-corrected chi connectivity index (χ0v) is 10.6. The van der Waals surface area contributed by atoms with Gasteiger partial charge >= 0.3 is 0 Å². The largest absolute Gasteiger partial charge is 0.367 e. The average molecular weight is 242 g/mol. The highest BCUT2D eigenvalue weighted by atomic mass is 15.3. The highest BCUT2D eigenvalue weighted by Gasteiger charge is 2.17. The number of nitrogens with one attached hydrogen (secondary N) is 2. The predicted octanol–water partition coefficient (Wildman–Crippen LogP) is 1.55. The second-order valence-electron chi connectivity index (χ2n) is 4.81. The molecule has 1 aliphatic heterocycles. The lowest BCUT2D eigenvalue weighted by Gasteiger charge is -2.26. The Morgan fingerprint density at radius 3 is 2.94 bits per heavy atom. The first-order valence-electron chi connectivity index (χ1n) is 6.35. The van der Waals surface area contributed by atoms with Crippen LogP contribution in [0.5, 0.6) is 0 Å². The molecule has 0 aliphatic carbocycles. The van der Waals surface area contributed by atoms with Gasteiger partial charge in [-0.25, -0.2) is 0 Å². The summed E-state index contributed by atoms with van der Waals surface area (Å²) in [5.41, 5.74) is 2.88. The highest BCUT2D eigenvalue weighted by molar-refractivity contribution is 5.34. The van der Waals surface area contributed by atoms with Gasteiger partial charge in [0, 0.05) is 38.4 Å². The first-order chi connectivity index (χ1) is 8.81. The van der Waals surface area contributed by atoms with Crippen molar-refractivity contribution in [2.24, 2.45) is 7.05 Å². The van der Waals surface area contributed by atoms with Crippen molar-refractivity contribution in [1.82, 2.24) is 15.1 Å². The van der Waals surface area contributed by atoms with Gasteiger partial charge in [0.2, 0.25) is 0 Å². The number of hydrogen-bond acceptors (Lipinski definition) is 3. The van der Waals surface area contributed by atoms with Crippen LogP contribution in [0.1, 0.15) is 11.1 Å². The summed E-state index contributed by atoms with van der Waals surface area (Å²) in [7, 11) is 1.93. The Kier molecular flexibility index (Phi) is 3.02. The molecule has 1 aromatic heterocycles. The minimum atomic E-state index is 0.474. The normalized spacial score (nSPS) is 18.4. The number of fused-ring (bicyclic) bond motifs is 1. The van der Waals surface area contributed by atoms with Crippen LogP contribution < -0.4 is 10.6 Å². The number of aryl methyl sites for hydroxylation is 1. The fourth-order valence-electron chi connectivity index (χ4n) is 2.40. The van der Waals surface area contributed by atoms with E-state index in [2.05, 4.69) is 40.0 Å². The lowest BCUT2D eigenvalue weighted by Crippen LogP contribution is -2.40. The summed E-state index contributed by atoms with van der Waals surface area (Å²) in [6.07, 6.45) is 3.03. The molecule has 2 aromatic rings. The van der Waals surface area contributed by atoms with E-state index in [4.69, 9.17) is 0 Å². The minimum absolute atomic E-state index is 0.474. The zero-order valence-electron chi connectivity index (χ0n) is 10.6. The molecule has 0 spiro atoms. The fourth-order valence-corrected chi connectivity index (χ4v) is 2.40. The molecule has 0 fully saturated rings. The van der Waals surface area contributed by atoms with Crippen molar-refractivity contribution in [1.29, 1.82) is 0 Å². The maximum absolute atomic E-state index is 4.32. The second-order valence-corrected chi connectivity index (χ2v) is 4.81. The third-order valence-electron chi connectivity index (χ3n) is 3.41. The van der Waals surface area contributed by atoms with E-state index < -0.39 is 0 Å². The summed E-state index contributed by atoms with van der Waals surface area (Å²) in [6.45, 7) is 1.87. The lowest BCUT2D eigenvalue weighted by atomic mass is 9.96. The molecule has 2 N–H and O–H groups in total. The van der Waals surface area contributed by atoms with Crippen LogP contribution in [0.25, 0.3) is 0 Å². The van der Waals surface area contributed by atoms with Crippen molar-refractivity contribution in [3.63, 3.8) is 0 Å². The molecular weight excluding hydrogens is 224 g/mol. The Hall–Kier alpha value is -1.81. The van der Waals surface area contributed by atoms with E-state index in [-0.39, 0.29) is 0 Å². The summed E-state index contributed by atoms with van der Waals surface area (Å²) in [5, 5.41) is 11.2. The van der Waals surface area contributed by atoms with Crippen molar-refractivity contribution < 1.29 is 0 Å². The third kappa shape index (κ3) is 2.38. The van der Waals surface area contributed by atoms with E-state index in [1.165, 1.54) is 11.1 Å². The highest BCUT2D eigenvalue weighted by Crippen LogP contribution is 2.16. The Labute approximate surface area is 107 Å². The molecule has 0 radical (unpaired) electrons. The summed E-state index contributed by atoms with van der Waals surface area (Å²) in [5.74, 6) is 0.943. The van der Waals surface area contributed by atoms with E-state index in [0.717, 1.165) is 25.3 Å². The summed E-state index contributed by atoms with van der Waals surface area (Å²) < 4.78 is 1.81. The topological polar surface area (TPSA) is 41.9 Å². The van der Waals surface area contributed by atoms with Crippen molar-refractivity contribution in [2.45, 2.75) is 19.0 Å². The molecule has 1 aliphatic rings. The van der Waals surface area contributed by atoms with Gasteiger partial charge in [-0.05, 0) is 17.5 Å². The number of benzene rings is 1. The van der Waals surface area contributed by atoms with E-state index in [0.29, 0.717) is 6.04 Å². The number of hydrogen-bond donors (Lipinski definition) is 2. The summed E-state index contributed by atoms with van der Waals surface area (Å²) in [6, 6.07) is 11.1. The molecule has 1 unspecified atom stereocenters. The van der Waals surface area contributed by atoms with Gasteiger partial charge in [-0.15, -0.1) is 0 Å². The quantitative estimate of drug-likeness (QED) is 0.858. The molecule has 1 aromatic carbocycles. The van der Waals surface area contributed by atoms with Crippen molar-refractivity contribution in [3.05, 3.63) is 47.7 Å². The van der Waals surface area contributed by atoms with Gasteiger partial charge in [-0.1, -0.05) is 24.3 Å². The van der Waals surface area contributed by atoms with Gasteiger partial charge in [0.15, 0.2) is 0 Å². The molecule has 18 heavy (non-hydrogen) atoms. The van der Waals surface area contributed by atoms with E-state index >= 15 is 0 Å². The summed E-state index contributed by atoms with van der Waals surface area (Å²) >= 11 is 0. The van der Waals surface area contributed by atoms with Crippen LogP contribution in [0.15, 0.2) is 36.5 Å². The van der Waals surface area contributed by atoms with Gasteiger partial charge in [-0.3, -0.25) is 4.68 Å². The maximum Gasteiger partial charge on any atom is 0.148 e. The second kappa shape index (κ2) is 4.82. The maximum atomic E-state index is 4.32. The van der Waals surface area contributed by atoms with Crippen LogP contribution >= 0.6 is 0 Å². The van der Waals surface area contributed by atoms with Crippen LogP contribution in [0.2, 0.25) is 0 Å². The Morgan fingerprint density at radius 2 is 2.17 bits per heavy atom. The summed E-state index contributed by atoms with van der Waals surface area (Å²) in [4.78, 5) is 0. The molecule has 0 amide bonds. The average Bonchev–Trinajstić information content (AvgIpc) is 2.82. The van der Waals surface area contributed by atoms with Crippen LogP contribution in [0.4, 0.5) is 5.82 Å². The van der Waals surface area contributed by atoms with Gasteiger partial charge in [0.05, 0.1) is 0 Å². The van der Waals surface area contributed by atoms with Crippen LogP contribution in [-0.2, 0) is 20.0 Å². The third-order valence-corrected chi connectivity index (χ3v) is 3.41. The standard InChI is InChI=1S/C14H18N4/c1-18-7-6-14(17-18)16-10-13-8-11-4-2-3-5-12(11)9-15-13/h2-7,13,15H,8-10H2,1H3,(H,16,17). The molecule has 94 valence electrons. The van der Waals surface area contributed by atoms with E-state index in [9.17, 15) is 0 Å². The SMILES string of the molecule is Cn1ccc(NCC2Cc3ccccc3CN2)n1. The monoisotopic (exact) mass is 242 g/mol. The van der Waals surface area contributed by atoms with Crippen LogP contribution in [0.3, 0.4) is 0 Å². The van der Waals surface area contributed by atoms with Crippen LogP contribution in [0, 0.1) is 0 Å². The number of rotatable bonds is 3. The minimum Gasteiger partial charge on any atom is -0.367 e. The molecule has 0 saturated carbocycles. The van der Waals surface area contributed by atoms with Crippen molar-refractivity contribution in [2.75, 3.05) is 11.9 Å². The molecule has 4 heteroatoms. The lowest BCUT2D eigenvalue weighted by molar-refractivity contribution is 0.496. The molecule has 3 rings (SSSR count). The van der Waals surface area contributed by atoms with Gasteiger partial charge < -0.3 is 10.6 Å². The zero-order chi connectivity index (χ0) is 12.4. The molecule has 4 nitrogen and oxygen atoms in total. The first-order valence-corrected chi connectivity index (χ1v) is 6.35. The Morgan fingerprint density at radius 1 is 1.33 bits per heavy atom.